The van der Waals surface area contributed by atoms with Gasteiger partial charge in [-0.15, -0.1) is 12.4 Å². The average molecular weight is 544 g/mol. The van der Waals surface area contributed by atoms with Crippen LogP contribution >= 0.6 is 12.4 Å². The predicted octanol–water partition coefficient (Wildman–Crippen LogP) is 7.73. The molecule has 3 aromatic carbocycles. The third-order valence-corrected chi connectivity index (χ3v) is 6.58. The molecule has 4 aromatic rings. The van der Waals surface area contributed by atoms with Crippen LogP contribution in [0.1, 0.15) is 43.5 Å². The Morgan fingerprint density at radius 1 is 1.00 bits per heavy atom. The second-order valence-corrected chi connectivity index (χ2v) is 9.73. The molecule has 5 rings (SSSR count). The lowest BCUT2D eigenvalue weighted by Gasteiger charge is -2.22. The first kappa shape index (κ1) is 28.0. The van der Waals surface area contributed by atoms with Gasteiger partial charge in [-0.25, -0.2) is 0 Å². The first-order valence-electron chi connectivity index (χ1n) is 13.1. The monoisotopic (exact) mass is 543 g/mol. The third-order valence-electron chi connectivity index (χ3n) is 6.58. The van der Waals surface area contributed by atoms with E-state index in [-0.39, 0.29) is 24.4 Å². The zero-order valence-electron chi connectivity index (χ0n) is 22.5. The first-order valence-corrected chi connectivity index (χ1v) is 13.1. The minimum atomic E-state index is -0.197. The van der Waals surface area contributed by atoms with Crippen LogP contribution in [0.2, 0.25) is 0 Å². The van der Waals surface area contributed by atoms with Crippen LogP contribution in [-0.2, 0) is 17.6 Å². The molecule has 202 valence electrons. The van der Waals surface area contributed by atoms with Gasteiger partial charge in [0.25, 0.3) is 0 Å². The lowest BCUT2D eigenvalue weighted by atomic mass is 9.92. The number of carbonyl (C=O) groups excluding carboxylic acids is 1. The number of pyridine rings is 1. The van der Waals surface area contributed by atoms with Crippen LogP contribution in [-0.4, -0.2) is 24.1 Å². The maximum atomic E-state index is 12.8. The van der Waals surface area contributed by atoms with Gasteiger partial charge in [0.1, 0.15) is 11.5 Å². The first-order chi connectivity index (χ1) is 18.5. The number of nitrogens with zero attached hydrogens (tertiary/aromatic N) is 1. The average Bonchev–Trinajstić information content (AvgIpc) is 2.93. The van der Waals surface area contributed by atoms with Crippen molar-refractivity contribution in [2.75, 3.05) is 17.7 Å². The Hall–Kier alpha value is -4.03. The van der Waals surface area contributed by atoms with Crippen molar-refractivity contribution in [2.24, 2.45) is 0 Å². The van der Waals surface area contributed by atoms with Gasteiger partial charge < -0.3 is 20.1 Å². The number of nitrogens with one attached hydrogen (secondary N) is 2. The van der Waals surface area contributed by atoms with Crippen molar-refractivity contribution in [3.8, 4) is 11.5 Å². The largest absolute Gasteiger partial charge is 0.495 e. The van der Waals surface area contributed by atoms with Crippen LogP contribution in [0.15, 0.2) is 72.8 Å². The highest BCUT2D eigenvalue weighted by Crippen LogP contribution is 2.38. The van der Waals surface area contributed by atoms with E-state index >= 15 is 0 Å². The fourth-order valence-corrected chi connectivity index (χ4v) is 4.81. The molecule has 1 aliphatic rings. The summed E-state index contributed by atoms with van der Waals surface area (Å²) in [5, 5.41) is 7.61. The number of anilines is 3. The number of ether oxygens (including phenoxy) is 2. The van der Waals surface area contributed by atoms with Gasteiger partial charge in [0.15, 0.2) is 0 Å². The Morgan fingerprint density at radius 3 is 2.54 bits per heavy atom. The second kappa shape index (κ2) is 12.7. The SMILES string of the molecule is COc1ccccc1Nc1c2c(nc3ccc(NC(=O)/C=C/c4ccc(OC(C)C)cc4)cc13)CCCC2.Cl. The Labute approximate surface area is 235 Å². The number of rotatable bonds is 8. The van der Waals surface area contributed by atoms with Crippen LogP contribution in [0.4, 0.5) is 17.1 Å². The number of hydrogen-bond acceptors (Lipinski definition) is 5. The van der Waals surface area contributed by atoms with Crippen molar-refractivity contribution in [3.63, 3.8) is 0 Å². The molecule has 1 aliphatic carbocycles. The standard InChI is InChI=1S/C32H33N3O3.ClH/c1-21(2)38-24-16-12-22(13-17-24)14-19-31(36)33-23-15-18-28-26(20-23)32(25-8-4-5-9-27(25)34-28)35-29-10-6-7-11-30(29)37-3;/h6-7,10-21H,4-5,8-9H2,1-3H3,(H,33,36)(H,34,35);1H/b19-14+;. The van der Waals surface area contributed by atoms with E-state index in [0.29, 0.717) is 5.69 Å². The molecule has 1 aromatic heterocycles. The zero-order chi connectivity index (χ0) is 26.5. The van der Waals surface area contributed by atoms with Crippen LogP contribution in [0.25, 0.3) is 17.0 Å². The van der Waals surface area contributed by atoms with Gasteiger partial charge in [-0.3, -0.25) is 9.78 Å². The van der Waals surface area contributed by atoms with Gasteiger partial charge in [-0.05, 0) is 99.2 Å². The Balaban J connectivity index is 0.00000353. The normalized spacial score (nSPS) is 12.6. The molecule has 0 saturated carbocycles. The summed E-state index contributed by atoms with van der Waals surface area (Å²) in [5.74, 6) is 1.39. The highest BCUT2D eigenvalue weighted by Gasteiger charge is 2.19. The number of amides is 1. The summed E-state index contributed by atoms with van der Waals surface area (Å²) in [6, 6.07) is 21.5. The maximum Gasteiger partial charge on any atom is 0.248 e. The summed E-state index contributed by atoms with van der Waals surface area (Å²) in [5.41, 5.74) is 6.86. The predicted molar refractivity (Wildman–Crippen MR) is 162 cm³/mol. The molecule has 39 heavy (non-hydrogen) atoms. The van der Waals surface area contributed by atoms with Gasteiger partial charge in [0, 0.05) is 22.8 Å². The number of hydrogen-bond donors (Lipinski definition) is 2. The summed E-state index contributed by atoms with van der Waals surface area (Å²) < 4.78 is 11.3. The van der Waals surface area contributed by atoms with Gasteiger partial charge in [0.05, 0.1) is 30.1 Å². The van der Waals surface area contributed by atoms with E-state index in [2.05, 4.69) is 10.6 Å². The van der Waals surface area contributed by atoms with E-state index in [1.807, 2.05) is 80.6 Å². The molecule has 0 radical (unpaired) electrons. The number of aromatic nitrogens is 1. The molecular formula is C32H34ClN3O3. The highest BCUT2D eigenvalue weighted by atomic mass is 35.5. The molecule has 0 unspecified atom stereocenters. The van der Waals surface area contributed by atoms with E-state index < -0.39 is 0 Å². The van der Waals surface area contributed by atoms with Crippen molar-refractivity contribution in [1.82, 2.24) is 4.98 Å². The molecule has 0 fully saturated rings. The molecule has 1 amide bonds. The quantitative estimate of drug-likeness (QED) is 0.222. The van der Waals surface area contributed by atoms with Crippen molar-refractivity contribution in [1.29, 1.82) is 0 Å². The highest BCUT2D eigenvalue weighted by molar-refractivity contribution is 6.04. The van der Waals surface area contributed by atoms with Crippen molar-refractivity contribution < 1.29 is 14.3 Å². The van der Waals surface area contributed by atoms with E-state index in [9.17, 15) is 4.79 Å². The number of para-hydroxylation sites is 2. The molecule has 0 bridgehead atoms. The number of carbonyl (C=O) groups is 1. The number of aryl methyl sites for hydroxylation is 1. The summed E-state index contributed by atoms with van der Waals surface area (Å²) >= 11 is 0. The van der Waals surface area contributed by atoms with E-state index in [1.165, 1.54) is 5.56 Å². The Kier molecular flexibility index (Phi) is 9.10. The van der Waals surface area contributed by atoms with E-state index in [4.69, 9.17) is 14.5 Å². The van der Waals surface area contributed by atoms with Gasteiger partial charge >= 0.3 is 0 Å². The van der Waals surface area contributed by atoms with Gasteiger partial charge in [-0.1, -0.05) is 24.3 Å². The minimum Gasteiger partial charge on any atom is -0.495 e. The maximum absolute atomic E-state index is 12.8. The van der Waals surface area contributed by atoms with Gasteiger partial charge in [0.2, 0.25) is 5.91 Å². The van der Waals surface area contributed by atoms with E-state index in [1.54, 1.807) is 19.3 Å². The third kappa shape index (κ3) is 6.70. The topological polar surface area (TPSA) is 72.5 Å². The summed E-state index contributed by atoms with van der Waals surface area (Å²) in [6.45, 7) is 3.99. The lowest BCUT2D eigenvalue weighted by molar-refractivity contribution is -0.111. The van der Waals surface area contributed by atoms with Crippen molar-refractivity contribution in [2.45, 2.75) is 45.6 Å². The molecule has 1 heterocycles. The zero-order valence-corrected chi connectivity index (χ0v) is 23.3. The Morgan fingerprint density at radius 2 is 1.77 bits per heavy atom. The van der Waals surface area contributed by atoms with Gasteiger partial charge in [-0.2, -0.15) is 0 Å². The Bertz CT molecular complexity index is 1480. The smallest absolute Gasteiger partial charge is 0.248 e. The molecule has 2 N–H and O–H groups in total. The molecular weight excluding hydrogens is 510 g/mol. The summed E-state index contributed by atoms with van der Waals surface area (Å²) in [4.78, 5) is 17.7. The summed E-state index contributed by atoms with van der Waals surface area (Å²) in [7, 11) is 1.68. The minimum absolute atomic E-state index is 0. The molecule has 0 saturated heterocycles. The van der Waals surface area contributed by atoms with Crippen molar-refractivity contribution >= 4 is 52.4 Å². The van der Waals surface area contributed by atoms with Crippen LogP contribution in [0, 0.1) is 0 Å². The summed E-state index contributed by atoms with van der Waals surface area (Å²) in [6.07, 6.45) is 7.68. The number of halogens is 1. The van der Waals surface area contributed by atoms with E-state index in [0.717, 1.165) is 70.7 Å². The second-order valence-electron chi connectivity index (χ2n) is 9.73. The molecule has 0 aliphatic heterocycles. The molecule has 0 atom stereocenters. The molecule has 6 nitrogen and oxygen atoms in total. The van der Waals surface area contributed by atoms with Crippen LogP contribution in [0.5, 0.6) is 11.5 Å². The number of methoxy groups -OCH3 is 1. The lowest BCUT2D eigenvalue weighted by Crippen LogP contribution is -2.11. The van der Waals surface area contributed by atoms with Crippen LogP contribution < -0.4 is 20.1 Å². The van der Waals surface area contributed by atoms with Crippen molar-refractivity contribution in [3.05, 3.63) is 89.6 Å². The fraction of sp³-hybridized carbons (Fsp3) is 0.250. The van der Waals surface area contributed by atoms with Crippen LogP contribution in [0.3, 0.4) is 0 Å². The fourth-order valence-electron chi connectivity index (χ4n) is 4.81. The molecule has 0 spiro atoms. The number of fused-ring (bicyclic) bond motifs is 2. The molecule has 7 heteroatoms. The number of benzene rings is 3.